The fourth-order valence-electron chi connectivity index (χ4n) is 2.13. The molecular weight excluding hydrogens is 310 g/mol. The first kappa shape index (κ1) is 16.4. The van der Waals surface area contributed by atoms with E-state index < -0.39 is 12.2 Å². The van der Waals surface area contributed by atoms with Crippen LogP contribution < -0.4 is 9.47 Å². The van der Waals surface area contributed by atoms with E-state index >= 15 is 0 Å². The number of hydrogen-bond acceptors (Lipinski definition) is 5. The van der Waals surface area contributed by atoms with Crippen molar-refractivity contribution in [2.24, 2.45) is 0 Å². The summed E-state index contributed by atoms with van der Waals surface area (Å²) in [6.45, 7) is 3.93. The summed E-state index contributed by atoms with van der Waals surface area (Å²) in [5, 5.41) is 0. The zero-order valence-corrected chi connectivity index (χ0v) is 13.5. The van der Waals surface area contributed by atoms with Crippen LogP contribution in [0.4, 0.5) is 9.59 Å². The Kier molecular flexibility index (Phi) is 4.81. The lowest BCUT2D eigenvalue weighted by molar-refractivity contribution is 0.106. The van der Waals surface area contributed by atoms with E-state index in [1.54, 1.807) is 12.1 Å². The Bertz CT molecular complexity index is 587. The van der Waals surface area contributed by atoms with Gasteiger partial charge in [-0.3, -0.25) is 0 Å². The van der Waals surface area contributed by atoms with Crippen molar-refractivity contribution in [2.75, 3.05) is 19.5 Å². The van der Waals surface area contributed by atoms with Crippen LogP contribution in [0.15, 0.2) is 18.2 Å². The van der Waals surface area contributed by atoms with Crippen molar-refractivity contribution >= 4 is 23.8 Å². The summed E-state index contributed by atoms with van der Waals surface area (Å²) in [4.78, 5) is 24.3. The number of rotatable bonds is 3. The number of nitrogens with zero attached hydrogens (tertiary/aromatic N) is 1. The van der Waals surface area contributed by atoms with E-state index in [1.165, 1.54) is 7.05 Å². The maximum Gasteiger partial charge on any atom is 0.424 e. The van der Waals surface area contributed by atoms with E-state index in [4.69, 9.17) is 25.8 Å². The Balaban J connectivity index is 2.08. The number of para-hydroxylation sites is 1. The minimum absolute atomic E-state index is 0.0239. The lowest BCUT2D eigenvalue weighted by Crippen LogP contribution is -2.36. The topological polar surface area (TPSA) is 65.1 Å². The van der Waals surface area contributed by atoms with E-state index in [0.29, 0.717) is 5.75 Å². The normalized spacial score (nSPS) is 14.7. The molecule has 1 aromatic carbocycles. The molecule has 0 radical (unpaired) electrons. The van der Waals surface area contributed by atoms with Crippen molar-refractivity contribution in [1.29, 1.82) is 0 Å². The van der Waals surface area contributed by atoms with E-state index in [2.05, 4.69) is 0 Å². The van der Waals surface area contributed by atoms with Gasteiger partial charge in [-0.1, -0.05) is 12.1 Å². The quantitative estimate of drug-likeness (QED) is 0.798. The van der Waals surface area contributed by atoms with Crippen LogP contribution >= 0.6 is 11.6 Å². The van der Waals surface area contributed by atoms with Crippen molar-refractivity contribution in [3.8, 4) is 11.5 Å². The summed E-state index contributed by atoms with van der Waals surface area (Å²) in [5.74, 6) is 0.970. The predicted octanol–water partition coefficient (Wildman–Crippen LogP) is 3.21. The maximum atomic E-state index is 12.0. The molecule has 1 aromatic rings. The van der Waals surface area contributed by atoms with Gasteiger partial charge in [0, 0.05) is 19.0 Å². The van der Waals surface area contributed by atoms with Gasteiger partial charge in [-0.25, -0.2) is 14.5 Å². The lowest BCUT2D eigenvalue weighted by Gasteiger charge is -2.19. The second-order valence-electron chi connectivity index (χ2n) is 5.51. The third-order valence-corrected chi connectivity index (χ3v) is 3.26. The fourth-order valence-corrected chi connectivity index (χ4v) is 2.20. The van der Waals surface area contributed by atoms with Gasteiger partial charge in [-0.2, -0.15) is 0 Å². The van der Waals surface area contributed by atoms with E-state index in [0.717, 1.165) is 16.9 Å². The zero-order valence-electron chi connectivity index (χ0n) is 12.7. The lowest BCUT2D eigenvalue weighted by atomic mass is 10.0. The highest BCUT2D eigenvalue weighted by atomic mass is 35.5. The monoisotopic (exact) mass is 327 g/mol. The first-order chi connectivity index (χ1) is 10.3. The molecule has 0 aromatic heterocycles. The van der Waals surface area contributed by atoms with Crippen molar-refractivity contribution in [1.82, 2.24) is 4.90 Å². The Morgan fingerprint density at radius 3 is 2.77 bits per heavy atom. The van der Waals surface area contributed by atoms with E-state index in [9.17, 15) is 9.59 Å². The van der Waals surface area contributed by atoms with Gasteiger partial charge in [-0.05, 0) is 19.9 Å². The summed E-state index contributed by atoms with van der Waals surface area (Å²) in [6.07, 6.45) is -0.942. The highest BCUT2D eigenvalue weighted by Crippen LogP contribution is 2.41. The predicted molar refractivity (Wildman–Crippen MR) is 80.7 cm³/mol. The molecule has 0 saturated heterocycles. The highest BCUT2D eigenvalue weighted by molar-refractivity contribution is 6.18. The molecule has 0 atom stereocenters. The molecule has 22 heavy (non-hydrogen) atoms. The molecule has 6 nitrogen and oxygen atoms in total. The van der Waals surface area contributed by atoms with Gasteiger partial charge >= 0.3 is 12.2 Å². The molecule has 7 heteroatoms. The smallest absolute Gasteiger partial charge is 0.424 e. The van der Waals surface area contributed by atoms with Crippen LogP contribution in [0.2, 0.25) is 0 Å². The molecule has 0 N–H and O–H groups in total. The zero-order chi connectivity index (χ0) is 16.3. The van der Waals surface area contributed by atoms with Crippen molar-refractivity contribution in [3.63, 3.8) is 0 Å². The number of benzene rings is 1. The van der Waals surface area contributed by atoms with Crippen LogP contribution in [-0.4, -0.2) is 42.2 Å². The number of imide groups is 1. The summed E-state index contributed by atoms with van der Waals surface area (Å²) >= 11 is 5.42. The molecule has 1 aliphatic rings. The highest BCUT2D eigenvalue weighted by Gasteiger charge is 2.33. The van der Waals surface area contributed by atoms with E-state index in [1.807, 2.05) is 19.9 Å². The van der Waals surface area contributed by atoms with Crippen LogP contribution in [-0.2, 0) is 11.2 Å². The van der Waals surface area contributed by atoms with E-state index in [-0.39, 0.29) is 23.8 Å². The SMILES string of the molecule is CN(C(=O)OCCCl)C(=O)Oc1cccc2c1OC(C)(C)C2. The van der Waals surface area contributed by atoms with Gasteiger partial charge in [0.05, 0.1) is 5.88 Å². The molecule has 0 spiro atoms. The number of alkyl halides is 1. The molecule has 1 aliphatic heterocycles. The van der Waals surface area contributed by atoms with Gasteiger partial charge in [0.15, 0.2) is 11.5 Å². The summed E-state index contributed by atoms with van der Waals surface area (Å²) in [7, 11) is 1.27. The number of carbonyl (C=O) groups excluding carboxylic acids is 2. The van der Waals surface area contributed by atoms with Gasteiger partial charge < -0.3 is 14.2 Å². The number of fused-ring (bicyclic) bond motifs is 1. The van der Waals surface area contributed by atoms with Gasteiger partial charge in [0.25, 0.3) is 0 Å². The fraction of sp³-hybridized carbons (Fsp3) is 0.467. The summed E-state index contributed by atoms with van der Waals surface area (Å²) in [5.41, 5.74) is 0.610. The number of amides is 2. The average molecular weight is 328 g/mol. The van der Waals surface area contributed by atoms with Crippen LogP contribution in [0.3, 0.4) is 0 Å². The molecule has 0 bridgehead atoms. The third-order valence-electron chi connectivity index (χ3n) is 3.10. The second kappa shape index (κ2) is 6.44. The molecule has 0 aliphatic carbocycles. The molecule has 1 heterocycles. The minimum atomic E-state index is -0.846. The van der Waals surface area contributed by atoms with Crippen molar-refractivity contribution in [3.05, 3.63) is 23.8 Å². The Morgan fingerprint density at radius 2 is 2.09 bits per heavy atom. The standard InChI is InChI=1S/C15H18ClNO5/c1-15(2)9-10-5-4-6-11(12(10)22-15)21-14(19)17(3)13(18)20-8-7-16/h4-6H,7-9H2,1-3H3. The van der Waals surface area contributed by atoms with Crippen molar-refractivity contribution < 1.29 is 23.8 Å². The first-order valence-electron chi connectivity index (χ1n) is 6.83. The molecule has 0 unspecified atom stereocenters. The van der Waals surface area contributed by atoms with Gasteiger partial charge in [0.1, 0.15) is 12.2 Å². The number of ether oxygens (including phenoxy) is 3. The van der Waals surface area contributed by atoms with Gasteiger partial charge in [0.2, 0.25) is 0 Å². The summed E-state index contributed by atoms with van der Waals surface area (Å²) < 4.78 is 15.8. The number of hydrogen-bond donors (Lipinski definition) is 0. The second-order valence-corrected chi connectivity index (χ2v) is 5.89. The average Bonchev–Trinajstić information content (AvgIpc) is 2.78. The largest absolute Gasteiger partial charge is 0.483 e. The first-order valence-corrected chi connectivity index (χ1v) is 7.36. The Labute approximate surface area is 133 Å². The molecule has 2 amide bonds. The summed E-state index contributed by atoms with van der Waals surface area (Å²) in [6, 6.07) is 5.31. The van der Waals surface area contributed by atoms with Crippen LogP contribution in [0.1, 0.15) is 19.4 Å². The van der Waals surface area contributed by atoms with Crippen LogP contribution in [0, 0.1) is 0 Å². The van der Waals surface area contributed by atoms with Crippen LogP contribution in [0.25, 0.3) is 0 Å². The number of carbonyl (C=O) groups is 2. The Hall–Kier alpha value is -1.95. The molecule has 0 saturated carbocycles. The minimum Gasteiger partial charge on any atom is -0.483 e. The molecule has 120 valence electrons. The van der Waals surface area contributed by atoms with Crippen LogP contribution in [0.5, 0.6) is 11.5 Å². The number of halogens is 1. The van der Waals surface area contributed by atoms with Gasteiger partial charge in [-0.15, -0.1) is 11.6 Å². The third kappa shape index (κ3) is 3.62. The Morgan fingerprint density at radius 1 is 1.36 bits per heavy atom. The maximum absolute atomic E-state index is 12.0. The molecule has 2 rings (SSSR count). The molecular formula is C15H18ClNO5. The molecule has 0 fully saturated rings. The van der Waals surface area contributed by atoms with Crippen molar-refractivity contribution in [2.45, 2.75) is 25.9 Å².